The maximum Gasteiger partial charge on any atom is 0.269 e. The standard InChI is InChI=1S/C13H13N3O3/c1-16-10(4-5-15-16)13(17)14-7-9-2-3-11-12(6-9)19-8-18-11/h2-6H,7-8H2,1H3,(H,14,17). The van der Waals surface area contributed by atoms with E-state index in [1.807, 2.05) is 18.2 Å². The van der Waals surface area contributed by atoms with Crippen molar-refractivity contribution in [3.8, 4) is 11.5 Å². The van der Waals surface area contributed by atoms with Gasteiger partial charge in [-0.05, 0) is 23.8 Å². The van der Waals surface area contributed by atoms with Gasteiger partial charge in [0.15, 0.2) is 11.5 Å². The highest BCUT2D eigenvalue weighted by molar-refractivity contribution is 5.92. The number of carbonyl (C=O) groups is 1. The molecule has 0 atom stereocenters. The molecule has 0 aliphatic carbocycles. The number of carbonyl (C=O) groups excluding carboxylic acids is 1. The summed E-state index contributed by atoms with van der Waals surface area (Å²) in [4.78, 5) is 11.9. The molecule has 0 spiro atoms. The number of hydrogen-bond donors (Lipinski definition) is 1. The number of amides is 1. The highest BCUT2D eigenvalue weighted by Crippen LogP contribution is 2.32. The van der Waals surface area contributed by atoms with Crippen LogP contribution in [0.4, 0.5) is 0 Å². The van der Waals surface area contributed by atoms with Crippen molar-refractivity contribution in [2.75, 3.05) is 6.79 Å². The molecule has 19 heavy (non-hydrogen) atoms. The molecule has 0 saturated carbocycles. The van der Waals surface area contributed by atoms with Crippen LogP contribution in [0.2, 0.25) is 0 Å². The molecule has 6 nitrogen and oxygen atoms in total. The van der Waals surface area contributed by atoms with Crippen LogP contribution < -0.4 is 14.8 Å². The lowest BCUT2D eigenvalue weighted by molar-refractivity contribution is 0.0941. The van der Waals surface area contributed by atoms with E-state index in [2.05, 4.69) is 10.4 Å². The Labute approximate surface area is 109 Å². The van der Waals surface area contributed by atoms with Crippen LogP contribution in [-0.4, -0.2) is 22.5 Å². The van der Waals surface area contributed by atoms with E-state index in [9.17, 15) is 4.79 Å². The summed E-state index contributed by atoms with van der Waals surface area (Å²) in [6, 6.07) is 7.28. The lowest BCUT2D eigenvalue weighted by Crippen LogP contribution is -2.25. The molecule has 1 aromatic heterocycles. The largest absolute Gasteiger partial charge is 0.454 e. The minimum absolute atomic E-state index is 0.155. The first kappa shape index (κ1) is 11.6. The summed E-state index contributed by atoms with van der Waals surface area (Å²) in [6.45, 7) is 0.681. The minimum Gasteiger partial charge on any atom is -0.454 e. The Hall–Kier alpha value is -2.50. The average molecular weight is 259 g/mol. The van der Waals surface area contributed by atoms with E-state index < -0.39 is 0 Å². The molecule has 0 radical (unpaired) electrons. The fourth-order valence-corrected chi connectivity index (χ4v) is 1.92. The second-order valence-corrected chi connectivity index (χ2v) is 4.21. The van der Waals surface area contributed by atoms with Crippen LogP contribution in [0, 0.1) is 0 Å². The van der Waals surface area contributed by atoms with Gasteiger partial charge in [-0.3, -0.25) is 9.48 Å². The van der Waals surface area contributed by atoms with Gasteiger partial charge >= 0.3 is 0 Å². The van der Waals surface area contributed by atoms with Gasteiger partial charge < -0.3 is 14.8 Å². The zero-order chi connectivity index (χ0) is 13.2. The molecule has 3 rings (SSSR count). The Morgan fingerprint density at radius 3 is 3.00 bits per heavy atom. The predicted molar refractivity (Wildman–Crippen MR) is 66.9 cm³/mol. The highest BCUT2D eigenvalue weighted by atomic mass is 16.7. The Kier molecular flexibility index (Phi) is 2.83. The number of nitrogens with zero attached hydrogens (tertiary/aromatic N) is 2. The summed E-state index contributed by atoms with van der Waals surface area (Å²) < 4.78 is 12.1. The highest BCUT2D eigenvalue weighted by Gasteiger charge is 2.14. The van der Waals surface area contributed by atoms with Gasteiger partial charge in [0.25, 0.3) is 5.91 Å². The summed E-state index contributed by atoms with van der Waals surface area (Å²) in [7, 11) is 1.73. The Morgan fingerprint density at radius 2 is 2.21 bits per heavy atom. The summed E-state index contributed by atoms with van der Waals surface area (Å²) in [5, 5.41) is 6.80. The maximum absolute atomic E-state index is 11.9. The molecule has 0 unspecified atom stereocenters. The molecule has 0 saturated heterocycles. The Balaban J connectivity index is 1.66. The molecule has 2 heterocycles. The van der Waals surface area contributed by atoms with Crippen molar-refractivity contribution in [3.63, 3.8) is 0 Å². The number of aryl methyl sites for hydroxylation is 1. The maximum atomic E-state index is 11.9. The first-order valence-corrected chi connectivity index (χ1v) is 5.89. The molecule has 0 fully saturated rings. The van der Waals surface area contributed by atoms with Gasteiger partial charge in [-0.25, -0.2) is 0 Å². The van der Waals surface area contributed by atoms with Crippen molar-refractivity contribution in [2.24, 2.45) is 7.05 Å². The molecular formula is C13H13N3O3. The third kappa shape index (κ3) is 2.24. The van der Waals surface area contributed by atoms with E-state index in [4.69, 9.17) is 9.47 Å². The Bertz CT molecular complexity index is 621. The van der Waals surface area contributed by atoms with Crippen molar-refractivity contribution in [2.45, 2.75) is 6.54 Å². The van der Waals surface area contributed by atoms with Gasteiger partial charge in [-0.15, -0.1) is 0 Å². The van der Waals surface area contributed by atoms with Gasteiger partial charge in [-0.1, -0.05) is 6.07 Å². The van der Waals surface area contributed by atoms with Gasteiger partial charge in [0, 0.05) is 19.8 Å². The quantitative estimate of drug-likeness (QED) is 0.895. The first-order valence-electron chi connectivity index (χ1n) is 5.89. The molecule has 1 amide bonds. The second kappa shape index (κ2) is 4.64. The molecule has 1 aromatic carbocycles. The van der Waals surface area contributed by atoms with Gasteiger partial charge in [-0.2, -0.15) is 5.10 Å². The van der Waals surface area contributed by atoms with Crippen LogP contribution >= 0.6 is 0 Å². The van der Waals surface area contributed by atoms with Gasteiger partial charge in [0.2, 0.25) is 6.79 Å². The third-order valence-electron chi connectivity index (χ3n) is 2.94. The van der Waals surface area contributed by atoms with Crippen LogP contribution in [0.5, 0.6) is 11.5 Å². The monoisotopic (exact) mass is 259 g/mol. The molecule has 1 N–H and O–H groups in total. The number of ether oxygens (including phenoxy) is 2. The van der Waals surface area contributed by atoms with Crippen LogP contribution in [-0.2, 0) is 13.6 Å². The van der Waals surface area contributed by atoms with E-state index >= 15 is 0 Å². The third-order valence-corrected chi connectivity index (χ3v) is 2.94. The van der Waals surface area contributed by atoms with Gasteiger partial charge in [0.1, 0.15) is 5.69 Å². The summed E-state index contributed by atoms with van der Waals surface area (Å²) >= 11 is 0. The van der Waals surface area contributed by atoms with Crippen LogP contribution in [0.1, 0.15) is 16.1 Å². The lowest BCUT2D eigenvalue weighted by atomic mass is 10.2. The zero-order valence-electron chi connectivity index (χ0n) is 10.4. The van der Waals surface area contributed by atoms with Crippen molar-refractivity contribution >= 4 is 5.91 Å². The average Bonchev–Trinajstić information content (AvgIpc) is 3.03. The topological polar surface area (TPSA) is 65.4 Å². The molecular weight excluding hydrogens is 246 g/mol. The number of aromatic nitrogens is 2. The predicted octanol–water partition coefficient (Wildman–Crippen LogP) is 1.08. The zero-order valence-corrected chi connectivity index (χ0v) is 10.4. The van der Waals surface area contributed by atoms with Crippen molar-refractivity contribution in [1.29, 1.82) is 0 Å². The summed E-state index contributed by atoms with van der Waals surface area (Å²) in [5.74, 6) is 1.30. The molecule has 98 valence electrons. The smallest absolute Gasteiger partial charge is 0.269 e. The number of rotatable bonds is 3. The van der Waals surface area contributed by atoms with E-state index in [0.717, 1.165) is 11.3 Å². The molecule has 2 aromatic rings. The van der Waals surface area contributed by atoms with Crippen LogP contribution in [0.25, 0.3) is 0 Å². The Morgan fingerprint density at radius 1 is 1.37 bits per heavy atom. The van der Waals surface area contributed by atoms with Gasteiger partial charge in [0.05, 0.1) is 0 Å². The lowest BCUT2D eigenvalue weighted by Gasteiger charge is -2.06. The number of benzene rings is 1. The molecule has 0 bridgehead atoms. The minimum atomic E-state index is -0.155. The first-order chi connectivity index (χ1) is 9.24. The van der Waals surface area contributed by atoms with Crippen molar-refractivity contribution in [1.82, 2.24) is 15.1 Å². The fraction of sp³-hybridized carbons (Fsp3) is 0.231. The normalized spacial score (nSPS) is 12.5. The number of nitrogens with one attached hydrogen (secondary N) is 1. The SMILES string of the molecule is Cn1nccc1C(=O)NCc1ccc2c(c1)OCO2. The summed E-state index contributed by atoms with van der Waals surface area (Å²) in [6.07, 6.45) is 1.59. The van der Waals surface area contributed by atoms with E-state index in [1.54, 1.807) is 19.3 Å². The fourth-order valence-electron chi connectivity index (χ4n) is 1.92. The molecule has 1 aliphatic heterocycles. The second-order valence-electron chi connectivity index (χ2n) is 4.21. The molecule has 1 aliphatic rings. The van der Waals surface area contributed by atoms with Crippen LogP contribution in [0.15, 0.2) is 30.5 Å². The number of hydrogen-bond acceptors (Lipinski definition) is 4. The van der Waals surface area contributed by atoms with Crippen molar-refractivity contribution in [3.05, 3.63) is 41.7 Å². The van der Waals surface area contributed by atoms with Crippen LogP contribution in [0.3, 0.4) is 0 Å². The summed E-state index contributed by atoms with van der Waals surface area (Å²) in [5.41, 5.74) is 1.49. The number of fused-ring (bicyclic) bond motifs is 1. The molecule has 6 heteroatoms. The van der Waals surface area contributed by atoms with E-state index in [-0.39, 0.29) is 12.7 Å². The van der Waals surface area contributed by atoms with Crippen molar-refractivity contribution < 1.29 is 14.3 Å². The van der Waals surface area contributed by atoms with E-state index in [1.165, 1.54) is 4.68 Å². The van der Waals surface area contributed by atoms with E-state index in [0.29, 0.717) is 18.0 Å².